The number of nitrogens with one attached hydrogen (secondary N) is 1. The molecule has 5 nitrogen and oxygen atoms in total. The Morgan fingerprint density at radius 3 is 3.17 bits per heavy atom. The molecule has 3 heterocycles. The number of Topliss-reactive ketones (excluding diaryl/α,β-unsaturated/α-hetero) is 1. The van der Waals surface area contributed by atoms with Gasteiger partial charge in [0.15, 0.2) is 0 Å². The first-order valence-corrected chi connectivity index (χ1v) is 6.05. The quantitative estimate of drug-likeness (QED) is 0.857. The van der Waals surface area contributed by atoms with Crippen LogP contribution in [0.5, 0.6) is 5.88 Å². The lowest BCUT2D eigenvalue weighted by molar-refractivity contribution is -0.121. The van der Waals surface area contributed by atoms with Crippen molar-refractivity contribution in [3.63, 3.8) is 0 Å². The van der Waals surface area contributed by atoms with E-state index in [1.54, 1.807) is 7.11 Å². The van der Waals surface area contributed by atoms with Gasteiger partial charge in [-0.15, -0.1) is 0 Å². The zero-order valence-corrected chi connectivity index (χ0v) is 10.2. The fourth-order valence-corrected chi connectivity index (χ4v) is 2.41. The molecule has 3 rings (SSSR count). The predicted octanol–water partition coefficient (Wildman–Crippen LogP) is 0.989. The largest absolute Gasteiger partial charge is 0.480 e. The second-order valence-electron chi connectivity index (χ2n) is 4.44. The molecule has 1 aliphatic heterocycles. The zero-order valence-electron chi connectivity index (χ0n) is 10.2. The summed E-state index contributed by atoms with van der Waals surface area (Å²) in [7, 11) is 1.59. The van der Waals surface area contributed by atoms with Gasteiger partial charge in [-0.25, -0.2) is 0 Å². The van der Waals surface area contributed by atoms with Gasteiger partial charge < -0.3 is 10.1 Å². The highest BCUT2D eigenvalue weighted by atomic mass is 16.5. The number of hydrogen-bond acceptors (Lipinski definition) is 4. The molecule has 0 aromatic carbocycles. The first-order valence-electron chi connectivity index (χ1n) is 6.05. The molecule has 1 fully saturated rings. The van der Waals surface area contributed by atoms with E-state index in [2.05, 4.69) is 10.3 Å². The number of fused-ring (bicyclic) bond motifs is 1. The Morgan fingerprint density at radius 1 is 1.50 bits per heavy atom. The maximum atomic E-state index is 12.0. The van der Waals surface area contributed by atoms with E-state index in [9.17, 15) is 4.79 Å². The van der Waals surface area contributed by atoms with Crippen molar-refractivity contribution >= 4 is 11.4 Å². The molecule has 1 saturated heterocycles. The summed E-state index contributed by atoms with van der Waals surface area (Å²) in [6.07, 6.45) is 2.42. The highest BCUT2D eigenvalue weighted by Crippen LogP contribution is 2.23. The average Bonchev–Trinajstić information content (AvgIpc) is 2.82. The Labute approximate surface area is 105 Å². The third-order valence-corrected chi connectivity index (χ3v) is 3.35. The molecule has 0 radical (unpaired) electrons. The lowest BCUT2D eigenvalue weighted by atomic mass is 9.94. The topological polar surface area (TPSA) is 55.6 Å². The number of ether oxygens (including phenoxy) is 1. The van der Waals surface area contributed by atoms with Crippen LogP contribution in [0.4, 0.5) is 0 Å². The number of carbonyl (C=O) groups is 1. The number of hydrogen-bond donors (Lipinski definition) is 1. The van der Waals surface area contributed by atoms with Crippen molar-refractivity contribution < 1.29 is 9.53 Å². The van der Waals surface area contributed by atoms with Gasteiger partial charge in [0.25, 0.3) is 0 Å². The summed E-state index contributed by atoms with van der Waals surface area (Å²) in [6.45, 7) is 1.47. The van der Waals surface area contributed by atoms with E-state index in [1.807, 2.05) is 28.8 Å². The van der Waals surface area contributed by atoms with E-state index in [1.165, 1.54) is 0 Å². The van der Waals surface area contributed by atoms with Crippen molar-refractivity contribution in [2.24, 2.45) is 0 Å². The molecule has 0 amide bonds. The third-order valence-electron chi connectivity index (χ3n) is 3.35. The van der Waals surface area contributed by atoms with Gasteiger partial charge in [-0.2, -0.15) is 4.98 Å². The summed E-state index contributed by atoms with van der Waals surface area (Å²) in [5.74, 6) is 0.758. The highest BCUT2D eigenvalue weighted by molar-refractivity contribution is 5.86. The van der Waals surface area contributed by atoms with Crippen LogP contribution in [0.25, 0.3) is 5.65 Å². The second-order valence-corrected chi connectivity index (χ2v) is 4.44. The molecule has 0 bridgehead atoms. The molecular weight excluding hydrogens is 230 g/mol. The Morgan fingerprint density at radius 2 is 2.39 bits per heavy atom. The van der Waals surface area contributed by atoms with Crippen LogP contribution in [0.15, 0.2) is 24.4 Å². The lowest BCUT2D eigenvalue weighted by Gasteiger charge is -2.22. The minimum Gasteiger partial charge on any atom is -0.480 e. The fraction of sp³-hybridized carbons (Fsp3) is 0.385. The first kappa shape index (κ1) is 11.2. The fourth-order valence-electron chi connectivity index (χ4n) is 2.41. The molecule has 0 spiro atoms. The molecule has 1 atom stereocenters. The number of ketones is 1. The number of rotatable bonds is 2. The molecule has 18 heavy (non-hydrogen) atoms. The standard InChI is InChI=1S/C13H15N3O2/c1-18-13-8-16-10(3-2-4-12(16)15-13)9-7-14-6-5-11(9)17/h2-4,8-9,14H,5-7H2,1H3. The van der Waals surface area contributed by atoms with Gasteiger partial charge in [-0.3, -0.25) is 9.20 Å². The van der Waals surface area contributed by atoms with Crippen LogP contribution < -0.4 is 10.1 Å². The SMILES string of the molecule is COc1cn2c(C3CNCCC3=O)cccc2n1. The number of pyridine rings is 1. The maximum Gasteiger partial charge on any atom is 0.232 e. The van der Waals surface area contributed by atoms with E-state index in [0.29, 0.717) is 18.8 Å². The van der Waals surface area contributed by atoms with Crippen LogP contribution in [0.2, 0.25) is 0 Å². The molecule has 1 unspecified atom stereocenters. The highest BCUT2D eigenvalue weighted by Gasteiger charge is 2.25. The smallest absolute Gasteiger partial charge is 0.232 e. The summed E-state index contributed by atoms with van der Waals surface area (Å²) in [4.78, 5) is 16.3. The van der Waals surface area contributed by atoms with Gasteiger partial charge in [0.2, 0.25) is 5.88 Å². The van der Waals surface area contributed by atoms with Crippen molar-refractivity contribution in [3.05, 3.63) is 30.1 Å². The second kappa shape index (κ2) is 4.42. The van der Waals surface area contributed by atoms with E-state index in [-0.39, 0.29) is 11.7 Å². The van der Waals surface area contributed by atoms with Gasteiger partial charge in [0.1, 0.15) is 11.4 Å². The van der Waals surface area contributed by atoms with E-state index >= 15 is 0 Å². The lowest BCUT2D eigenvalue weighted by Crippen LogP contribution is -2.36. The van der Waals surface area contributed by atoms with Gasteiger partial charge >= 0.3 is 0 Å². The zero-order chi connectivity index (χ0) is 12.5. The number of methoxy groups -OCH3 is 1. The minimum atomic E-state index is -0.0960. The van der Waals surface area contributed by atoms with Crippen LogP contribution >= 0.6 is 0 Å². The number of aromatic nitrogens is 2. The van der Waals surface area contributed by atoms with Crippen molar-refractivity contribution in [2.45, 2.75) is 12.3 Å². The van der Waals surface area contributed by atoms with Crippen LogP contribution in [0.3, 0.4) is 0 Å². The van der Waals surface area contributed by atoms with Crippen LogP contribution in [0, 0.1) is 0 Å². The Balaban J connectivity index is 2.10. The first-order chi connectivity index (χ1) is 8.79. The van der Waals surface area contributed by atoms with Crippen molar-refractivity contribution in [1.29, 1.82) is 0 Å². The molecule has 0 aliphatic carbocycles. The summed E-state index contributed by atoms with van der Waals surface area (Å²) in [6, 6.07) is 5.81. The summed E-state index contributed by atoms with van der Waals surface area (Å²) in [5, 5.41) is 3.26. The molecule has 1 aliphatic rings. The third kappa shape index (κ3) is 1.76. The maximum absolute atomic E-state index is 12.0. The summed E-state index contributed by atoms with van der Waals surface area (Å²) < 4.78 is 7.07. The average molecular weight is 245 g/mol. The van der Waals surface area contributed by atoms with Gasteiger partial charge in [0, 0.05) is 25.2 Å². The van der Waals surface area contributed by atoms with Gasteiger partial charge in [0.05, 0.1) is 19.2 Å². The monoisotopic (exact) mass is 245 g/mol. The number of nitrogens with zero attached hydrogens (tertiary/aromatic N) is 2. The molecule has 2 aromatic rings. The van der Waals surface area contributed by atoms with Gasteiger partial charge in [-0.1, -0.05) is 6.07 Å². The summed E-state index contributed by atoms with van der Waals surface area (Å²) in [5.41, 5.74) is 1.78. The van der Waals surface area contributed by atoms with E-state index < -0.39 is 0 Å². The number of imidazole rings is 1. The molecule has 2 aromatic heterocycles. The van der Waals surface area contributed by atoms with E-state index in [4.69, 9.17) is 4.74 Å². The van der Waals surface area contributed by atoms with Crippen LogP contribution in [-0.4, -0.2) is 35.4 Å². The Bertz CT molecular complexity index is 591. The predicted molar refractivity (Wildman–Crippen MR) is 67.0 cm³/mol. The molecule has 1 N–H and O–H groups in total. The molecule has 0 saturated carbocycles. The Kier molecular flexibility index (Phi) is 2.76. The minimum absolute atomic E-state index is 0.0960. The van der Waals surface area contributed by atoms with Crippen molar-refractivity contribution in [2.75, 3.05) is 20.2 Å². The Hall–Kier alpha value is -1.88. The van der Waals surface area contributed by atoms with Crippen LogP contribution in [0.1, 0.15) is 18.0 Å². The summed E-state index contributed by atoms with van der Waals surface area (Å²) >= 11 is 0. The van der Waals surface area contributed by atoms with Crippen molar-refractivity contribution in [1.82, 2.24) is 14.7 Å². The van der Waals surface area contributed by atoms with E-state index in [0.717, 1.165) is 17.9 Å². The van der Waals surface area contributed by atoms with Gasteiger partial charge in [-0.05, 0) is 12.1 Å². The number of piperidine rings is 1. The number of carbonyl (C=O) groups excluding carboxylic acids is 1. The normalized spacial score (nSPS) is 20.3. The molecular formula is C13H15N3O2. The molecule has 5 heteroatoms. The van der Waals surface area contributed by atoms with Crippen LogP contribution in [-0.2, 0) is 4.79 Å². The van der Waals surface area contributed by atoms with Crippen molar-refractivity contribution in [3.8, 4) is 5.88 Å². The molecule has 94 valence electrons.